The summed E-state index contributed by atoms with van der Waals surface area (Å²) in [4.78, 5) is 0. The largest absolute Gasteiger partial charge is 0.0602 e. The smallest absolute Gasteiger partial charge is 0.0380 e. The summed E-state index contributed by atoms with van der Waals surface area (Å²) in [6.45, 7) is 14.4. The van der Waals surface area contributed by atoms with Crippen LogP contribution in [-0.4, -0.2) is 0 Å². The standard InChI is InChI=1S/C17H34/c1-16(2,3)12-11-14-9-7-8-10-15(14)13-17(4,5)6/h14-15H,7-13H2,1-6H3. The number of rotatable bonds is 3. The molecule has 0 heterocycles. The molecule has 0 aromatic carbocycles. The van der Waals surface area contributed by atoms with Crippen molar-refractivity contribution in [1.29, 1.82) is 0 Å². The van der Waals surface area contributed by atoms with E-state index in [2.05, 4.69) is 41.5 Å². The summed E-state index contributed by atoms with van der Waals surface area (Å²) >= 11 is 0. The second-order valence-electron chi connectivity index (χ2n) is 8.67. The Morgan fingerprint density at radius 3 is 1.76 bits per heavy atom. The molecule has 1 aliphatic carbocycles. The maximum Gasteiger partial charge on any atom is -0.0380 e. The van der Waals surface area contributed by atoms with Crippen LogP contribution < -0.4 is 0 Å². The van der Waals surface area contributed by atoms with E-state index in [1.165, 1.54) is 44.9 Å². The molecular formula is C17H34. The summed E-state index contributed by atoms with van der Waals surface area (Å²) in [6.07, 6.45) is 10.2. The van der Waals surface area contributed by atoms with Gasteiger partial charge in [0.1, 0.15) is 0 Å². The van der Waals surface area contributed by atoms with E-state index < -0.39 is 0 Å². The maximum atomic E-state index is 2.41. The highest BCUT2D eigenvalue weighted by molar-refractivity contribution is 4.80. The number of hydrogen-bond acceptors (Lipinski definition) is 0. The van der Waals surface area contributed by atoms with Crippen molar-refractivity contribution in [3.63, 3.8) is 0 Å². The van der Waals surface area contributed by atoms with E-state index in [4.69, 9.17) is 0 Å². The van der Waals surface area contributed by atoms with Crippen molar-refractivity contribution >= 4 is 0 Å². The zero-order valence-corrected chi connectivity index (χ0v) is 13.1. The minimum atomic E-state index is 0.516. The fourth-order valence-corrected chi connectivity index (χ4v) is 3.34. The summed E-state index contributed by atoms with van der Waals surface area (Å²) in [7, 11) is 0. The van der Waals surface area contributed by atoms with Gasteiger partial charge in [0.05, 0.1) is 0 Å². The van der Waals surface area contributed by atoms with Gasteiger partial charge in [0.2, 0.25) is 0 Å². The molecule has 0 radical (unpaired) electrons. The molecule has 0 amide bonds. The van der Waals surface area contributed by atoms with Gasteiger partial charge in [0.15, 0.2) is 0 Å². The number of hydrogen-bond donors (Lipinski definition) is 0. The first-order valence-corrected chi connectivity index (χ1v) is 7.67. The lowest BCUT2D eigenvalue weighted by atomic mass is 9.69. The Labute approximate surface area is 110 Å². The molecule has 0 bridgehead atoms. The molecule has 0 nitrogen and oxygen atoms in total. The van der Waals surface area contributed by atoms with Crippen molar-refractivity contribution in [2.24, 2.45) is 22.7 Å². The van der Waals surface area contributed by atoms with Gasteiger partial charge in [-0.1, -0.05) is 67.2 Å². The van der Waals surface area contributed by atoms with Crippen molar-refractivity contribution in [3.05, 3.63) is 0 Å². The molecule has 0 aromatic rings. The van der Waals surface area contributed by atoms with Gasteiger partial charge in [0.25, 0.3) is 0 Å². The molecule has 0 heteroatoms. The third-order valence-corrected chi connectivity index (χ3v) is 4.21. The molecule has 0 N–H and O–H groups in total. The first-order valence-electron chi connectivity index (χ1n) is 7.67. The minimum Gasteiger partial charge on any atom is -0.0602 e. The van der Waals surface area contributed by atoms with Gasteiger partial charge in [-0.05, 0) is 41.9 Å². The third-order valence-electron chi connectivity index (χ3n) is 4.21. The predicted molar refractivity (Wildman–Crippen MR) is 78.2 cm³/mol. The third kappa shape index (κ3) is 6.48. The lowest BCUT2D eigenvalue weighted by molar-refractivity contribution is 0.146. The van der Waals surface area contributed by atoms with E-state index in [9.17, 15) is 0 Å². The Bertz CT molecular complexity index is 213. The molecule has 0 spiro atoms. The second-order valence-corrected chi connectivity index (χ2v) is 8.67. The molecule has 1 saturated carbocycles. The molecule has 2 atom stereocenters. The van der Waals surface area contributed by atoms with Crippen molar-refractivity contribution in [1.82, 2.24) is 0 Å². The van der Waals surface area contributed by atoms with Crippen LogP contribution in [0.15, 0.2) is 0 Å². The van der Waals surface area contributed by atoms with E-state index in [0.717, 1.165) is 11.8 Å². The summed E-state index contributed by atoms with van der Waals surface area (Å²) < 4.78 is 0. The molecule has 0 aliphatic heterocycles. The quantitative estimate of drug-likeness (QED) is 0.561. The molecule has 0 saturated heterocycles. The van der Waals surface area contributed by atoms with Crippen LogP contribution in [0.4, 0.5) is 0 Å². The molecule has 2 unspecified atom stereocenters. The topological polar surface area (TPSA) is 0 Å². The highest BCUT2D eigenvalue weighted by Crippen LogP contribution is 2.41. The van der Waals surface area contributed by atoms with Crippen LogP contribution in [-0.2, 0) is 0 Å². The fourth-order valence-electron chi connectivity index (χ4n) is 3.34. The summed E-state index contributed by atoms with van der Waals surface area (Å²) in [5, 5.41) is 0. The molecule has 1 rings (SSSR count). The van der Waals surface area contributed by atoms with Crippen molar-refractivity contribution in [3.8, 4) is 0 Å². The summed E-state index contributed by atoms with van der Waals surface area (Å²) in [6, 6.07) is 0. The van der Waals surface area contributed by atoms with Crippen LogP contribution in [0.5, 0.6) is 0 Å². The average molecular weight is 238 g/mol. The molecule has 17 heavy (non-hydrogen) atoms. The van der Waals surface area contributed by atoms with Crippen LogP contribution in [0.2, 0.25) is 0 Å². The lowest BCUT2D eigenvalue weighted by Crippen LogP contribution is -2.25. The average Bonchev–Trinajstić information content (AvgIpc) is 2.12. The first kappa shape index (κ1) is 15.1. The molecule has 102 valence electrons. The van der Waals surface area contributed by atoms with E-state index in [1.54, 1.807) is 0 Å². The Morgan fingerprint density at radius 2 is 1.29 bits per heavy atom. The Kier molecular flexibility index (Phi) is 5.10. The molecular weight excluding hydrogens is 204 g/mol. The normalized spacial score (nSPS) is 27.2. The Morgan fingerprint density at radius 1 is 0.765 bits per heavy atom. The van der Waals surface area contributed by atoms with Crippen LogP contribution in [0.25, 0.3) is 0 Å². The van der Waals surface area contributed by atoms with E-state index in [1.807, 2.05) is 0 Å². The van der Waals surface area contributed by atoms with Gasteiger partial charge in [-0.3, -0.25) is 0 Å². The van der Waals surface area contributed by atoms with Gasteiger partial charge >= 0.3 is 0 Å². The molecule has 0 aromatic heterocycles. The van der Waals surface area contributed by atoms with Crippen molar-refractivity contribution < 1.29 is 0 Å². The van der Waals surface area contributed by atoms with Crippen molar-refractivity contribution in [2.45, 2.75) is 86.5 Å². The predicted octanol–water partition coefficient (Wildman–Crippen LogP) is 6.06. The monoisotopic (exact) mass is 238 g/mol. The van der Waals surface area contributed by atoms with E-state index in [-0.39, 0.29) is 0 Å². The highest BCUT2D eigenvalue weighted by atomic mass is 14.3. The zero-order valence-electron chi connectivity index (χ0n) is 13.1. The van der Waals surface area contributed by atoms with Crippen LogP contribution in [0.3, 0.4) is 0 Å². The Balaban J connectivity index is 2.48. The van der Waals surface area contributed by atoms with Gasteiger partial charge in [-0.15, -0.1) is 0 Å². The second kappa shape index (κ2) is 5.76. The van der Waals surface area contributed by atoms with E-state index in [0.29, 0.717) is 10.8 Å². The fraction of sp³-hybridized carbons (Fsp3) is 1.00. The maximum absolute atomic E-state index is 2.41. The highest BCUT2D eigenvalue weighted by Gasteiger charge is 2.29. The summed E-state index contributed by atoms with van der Waals surface area (Å²) in [5.74, 6) is 2.02. The van der Waals surface area contributed by atoms with Gasteiger partial charge in [-0.25, -0.2) is 0 Å². The minimum absolute atomic E-state index is 0.516. The van der Waals surface area contributed by atoms with Crippen molar-refractivity contribution in [2.75, 3.05) is 0 Å². The molecule has 1 aliphatic rings. The van der Waals surface area contributed by atoms with Gasteiger partial charge in [0, 0.05) is 0 Å². The molecule has 1 fully saturated rings. The zero-order chi connectivity index (χ0) is 13.1. The first-order chi connectivity index (χ1) is 7.67. The lowest BCUT2D eigenvalue weighted by Gasteiger charge is -2.37. The SMILES string of the molecule is CC(C)(C)CCC1CCCCC1CC(C)(C)C. The van der Waals surface area contributed by atoms with E-state index >= 15 is 0 Å². The van der Waals surface area contributed by atoms with Gasteiger partial charge in [-0.2, -0.15) is 0 Å². The summed E-state index contributed by atoms with van der Waals surface area (Å²) in [5.41, 5.74) is 1.03. The van der Waals surface area contributed by atoms with Gasteiger partial charge < -0.3 is 0 Å². The van der Waals surface area contributed by atoms with Crippen LogP contribution in [0.1, 0.15) is 86.5 Å². The van der Waals surface area contributed by atoms with Crippen LogP contribution >= 0.6 is 0 Å². The Hall–Kier alpha value is 0. The van der Waals surface area contributed by atoms with Crippen LogP contribution in [0, 0.1) is 22.7 Å².